The summed E-state index contributed by atoms with van der Waals surface area (Å²) in [6.45, 7) is 26.8. The van der Waals surface area contributed by atoms with E-state index in [0.717, 1.165) is 69.7 Å². The molecular weight excluding hydrogens is 941 g/mol. The van der Waals surface area contributed by atoms with Crippen molar-refractivity contribution in [1.82, 2.24) is 0 Å². The summed E-state index contributed by atoms with van der Waals surface area (Å²) < 4.78 is 59.9. The second kappa shape index (κ2) is 31.0. The number of allylic oxidation sites excluding steroid dienone is 2. The van der Waals surface area contributed by atoms with Crippen LogP contribution in [0.1, 0.15) is 146 Å². The number of esters is 4. The van der Waals surface area contributed by atoms with Crippen molar-refractivity contribution in [2.24, 2.45) is 11.8 Å². The number of carbonyl (C=O) groups excluding carboxylic acids is 8. The van der Waals surface area contributed by atoms with Gasteiger partial charge in [0.15, 0.2) is 23.8 Å². The highest BCUT2D eigenvalue weighted by atomic mass is 28.3. The van der Waals surface area contributed by atoms with Crippen LogP contribution in [0.4, 0.5) is 0 Å². The number of fused-ring (bicyclic) bond motifs is 2. The molecule has 19 heteroatoms. The van der Waals surface area contributed by atoms with Crippen LogP contribution in [0.15, 0.2) is 24.8 Å². The lowest BCUT2D eigenvalue weighted by Gasteiger charge is -2.43. The minimum absolute atomic E-state index is 0.0553. The van der Waals surface area contributed by atoms with E-state index in [-0.39, 0.29) is 74.0 Å². The molecule has 404 valence electrons. The molecule has 18 nitrogen and oxygen atoms in total. The Morgan fingerprint density at radius 1 is 0.620 bits per heavy atom. The Hall–Kier alpha value is -3.90. The molecule has 6 rings (SSSR count). The topological polar surface area (TPSA) is 229 Å². The van der Waals surface area contributed by atoms with Crippen molar-refractivity contribution in [3.8, 4) is 0 Å². The molecule has 2 saturated carbocycles. The highest BCUT2D eigenvalue weighted by Gasteiger charge is 2.60. The van der Waals surface area contributed by atoms with Gasteiger partial charge >= 0.3 is 36.2 Å². The summed E-state index contributed by atoms with van der Waals surface area (Å²) >= 11 is 0. The van der Waals surface area contributed by atoms with Crippen LogP contribution in [-0.4, -0.2) is 130 Å². The van der Waals surface area contributed by atoms with E-state index in [9.17, 15) is 19.2 Å². The van der Waals surface area contributed by atoms with E-state index in [0.29, 0.717) is 0 Å². The standard InChI is InChI=1S/C23H36O7.C19H30O7.C8H18Si.2CO2/c1-5-6-8-11-18-15(2)20-22(30-23(29-20)12-9-7-10-13-23)21(28-18)19(27-17(4)25)14-26-16(3)24;1-11-12(2)23-17(15(24-14(4)21)10-22-13(3)20)18-16(11)25-19(26-18)8-6-5-7-9-19;1-6-8(7-2)9(3,4)5;2*2-1-3/h6,8,15,18-22H,5,7,9-14H2,1-4H3;11-12,15-18H,5-10H2,1-4H3;6,8H,1,7H2,2-5H3;;/b8-6+;;;;/t15-,18-,19+,20-,21-,22?;11-,12-,15+,16-,17-,18?;;;/m00.../s1. The number of hydrogen-bond donors (Lipinski definition) is 0. The van der Waals surface area contributed by atoms with Gasteiger partial charge in [-0.3, -0.25) is 19.2 Å². The molecular formula is C52H84O18Si. The van der Waals surface area contributed by atoms with Crippen LogP contribution in [0, 0.1) is 11.8 Å². The molecule has 0 N–H and O–H groups in total. The third kappa shape index (κ3) is 19.8. The van der Waals surface area contributed by atoms with Gasteiger partial charge in [-0.1, -0.05) is 84.8 Å². The summed E-state index contributed by atoms with van der Waals surface area (Å²) in [6.07, 6.45) is 16.2. The first-order valence-electron chi connectivity index (χ1n) is 25.4. The van der Waals surface area contributed by atoms with E-state index >= 15 is 0 Å². The van der Waals surface area contributed by atoms with Gasteiger partial charge in [0.2, 0.25) is 0 Å². The Kier molecular flexibility index (Phi) is 27.6. The van der Waals surface area contributed by atoms with E-state index in [1.807, 2.05) is 6.92 Å². The van der Waals surface area contributed by atoms with E-state index in [1.165, 1.54) is 47.0 Å². The van der Waals surface area contributed by atoms with Gasteiger partial charge in [-0.05, 0) is 51.0 Å². The molecule has 71 heavy (non-hydrogen) atoms. The van der Waals surface area contributed by atoms with Gasteiger partial charge in [0.25, 0.3) is 0 Å². The van der Waals surface area contributed by atoms with E-state index in [4.69, 9.17) is 66.5 Å². The quantitative estimate of drug-likeness (QED) is 0.0691. The second-order valence-corrected chi connectivity index (χ2v) is 25.7. The first-order valence-corrected chi connectivity index (χ1v) is 29.0. The average Bonchev–Trinajstić information content (AvgIpc) is 3.86. The van der Waals surface area contributed by atoms with Crippen LogP contribution < -0.4 is 0 Å². The van der Waals surface area contributed by atoms with Crippen molar-refractivity contribution in [2.45, 2.75) is 244 Å². The van der Waals surface area contributed by atoms with E-state index in [1.54, 1.807) is 0 Å². The number of carbonyl (C=O) groups is 4. The monoisotopic (exact) mass is 1020 g/mol. The summed E-state index contributed by atoms with van der Waals surface area (Å²) in [6, 6.07) is 0. The Balaban J connectivity index is 0.000000382. The van der Waals surface area contributed by atoms with Crippen molar-refractivity contribution in [1.29, 1.82) is 0 Å². The molecule has 4 heterocycles. The van der Waals surface area contributed by atoms with Crippen molar-refractivity contribution < 1.29 is 85.7 Å². The molecule has 0 aromatic carbocycles. The maximum atomic E-state index is 11.8. The first kappa shape index (κ1) is 63.2. The van der Waals surface area contributed by atoms with Crippen LogP contribution >= 0.6 is 0 Å². The predicted molar refractivity (Wildman–Crippen MR) is 258 cm³/mol. The molecule has 13 atom stereocenters. The molecule has 0 aromatic rings. The summed E-state index contributed by atoms with van der Waals surface area (Å²) in [5, 5.41) is 0. The number of rotatable bonds is 14. The maximum absolute atomic E-state index is 11.8. The van der Waals surface area contributed by atoms with Gasteiger partial charge in [0.05, 0.1) is 32.5 Å². The third-order valence-corrected chi connectivity index (χ3v) is 16.7. The fraction of sp³-hybridized carbons (Fsp3) is 0.808. The summed E-state index contributed by atoms with van der Waals surface area (Å²) in [4.78, 5) is 78.5. The maximum Gasteiger partial charge on any atom is 0.373 e. The molecule has 0 amide bonds. The number of hydrogen-bond acceptors (Lipinski definition) is 18. The number of ether oxygens (including phenoxy) is 10. The van der Waals surface area contributed by atoms with Crippen LogP contribution in [0.2, 0.25) is 25.2 Å². The highest BCUT2D eigenvalue weighted by Crippen LogP contribution is 2.49. The second-order valence-electron chi connectivity index (χ2n) is 20.2. The summed E-state index contributed by atoms with van der Waals surface area (Å²) in [7, 11) is -0.905. The van der Waals surface area contributed by atoms with E-state index in [2.05, 4.69) is 72.1 Å². The minimum Gasteiger partial charge on any atom is -0.462 e. The molecule has 4 saturated heterocycles. The Labute approximate surface area is 422 Å². The van der Waals surface area contributed by atoms with Crippen molar-refractivity contribution >= 4 is 44.3 Å². The Morgan fingerprint density at radius 3 is 1.35 bits per heavy atom. The summed E-state index contributed by atoms with van der Waals surface area (Å²) in [5.74, 6) is -2.61. The molecule has 6 fully saturated rings. The van der Waals surface area contributed by atoms with Crippen LogP contribution in [0.3, 0.4) is 0 Å². The molecule has 2 spiro atoms. The van der Waals surface area contributed by atoms with Crippen LogP contribution in [0.25, 0.3) is 0 Å². The smallest absolute Gasteiger partial charge is 0.373 e. The van der Waals surface area contributed by atoms with Crippen LogP contribution in [0.5, 0.6) is 0 Å². The first-order chi connectivity index (χ1) is 33.5. The molecule has 6 aliphatic rings. The van der Waals surface area contributed by atoms with Gasteiger partial charge in [0, 0.05) is 65.2 Å². The fourth-order valence-corrected chi connectivity index (χ4v) is 12.2. The predicted octanol–water partition coefficient (Wildman–Crippen LogP) is 8.16. The molecule has 0 aromatic heterocycles. The zero-order chi connectivity index (χ0) is 53.5. The zero-order valence-corrected chi connectivity index (χ0v) is 45.4. The van der Waals surface area contributed by atoms with Gasteiger partial charge in [0.1, 0.15) is 37.6 Å². The molecule has 4 aliphatic heterocycles. The molecule has 2 aliphatic carbocycles. The minimum atomic E-state index is -0.905. The van der Waals surface area contributed by atoms with Crippen molar-refractivity contribution in [3.63, 3.8) is 0 Å². The van der Waals surface area contributed by atoms with Crippen molar-refractivity contribution in [3.05, 3.63) is 24.8 Å². The molecule has 0 radical (unpaired) electrons. The van der Waals surface area contributed by atoms with Gasteiger partial charge < -0.3 is 47.4 Å². The zero-order valence-electron chi connectivity index (χ0n) is 44.4. The Morgan fingerprint density at radius 2 is 1.01 bits per heavy atom. The van der Waals surface area contributed by atoms with Gasteiger partial charge in [-0.15, -0.1) is 6.58 Å². The van der Waals surface area contributed by atoms with Gasteiger partial charge in [-0.2, -0.15) is 19.2 Å². The third-order valence-electron chi connectivity index (χ3n) is 13.9. The van der Waals surface area contributed by atoms with Crippen molar-refractivity contribution in [2.75, 3.05) is 13.2 Å². The lowest BCUT2D eigenvalue weighted by molar-refractivity contribution is -0.218. The lowest BCUT2D eigenvalue weighted by Crippen LogP contribution is -2.57. The SMILES string of the molecule is C=CC(CC)[Si](C)(C)C.CC(=O)OC[C@@H](OC(C)=O)[C@@H]1O[C@@H](C)[C@H](C)[C@@H]2OC3(CCCCC3)OC21.CC/C=C/C[C@@H]1O[C@@H]([C@@H](COC(C)=O)OC(C)=O)C2OC3(CCCCC3)O[C@H]2[C@H]1C.O=C=O.O=C=O. The van der Waals surface area contributed by atoms with E-state index < -0.39 is 67.9 Å². The lowest BCUT2D eigenvalue weighted by atomic mass is 9.85. The normalized spacial score (nSPS) is 30.0. The fourth-order valence-electron chi connectivity index (χ4n) is 10.2. The molecule has 0 bridgehead atoms. The summed E-state index contributed by atoms with van der Waals surface area (Å²) in [5.41, 5.74) is 0.803. The average molecular weight is 1030 g/mol. The largest absolute Gasteiger partial charge is 0.462 e. The van der Waals surface area contributed by atoms with Crippen LogP contribution in [-0.2, 0) is 85.7 Å². The molecule has 3 unspecified atom stereocenters. The highest BCUT2D eigenvalue weighted by molar-refractivity contribution is 6.78. The van der Waals surface area contributed by atoms with Gasteiger partial charge in [-0.25, -0.2) is 0 Å². The Bertz CT molecular complexity index is 1740.